The molecule has 0 radical (unpaired) electrons. The molecule has 1 saturated heterocycles. The van der Waals surface area contributed by atoms with Crippen LogP contribution in [0.1, 0.15) is 10.6 Å². The normalized spacial score (nSPS) is 16.5. The van der Waals surface area contributed by atoms with Crippen LogP contribution in [-0.2, 0) is 0 Å². The molecule has 1 aliphatic heterocycles. The molecule has 0 aromatic carbocycles. The highest BCUT2D eigenvalue weighted by molar-refractivity contribution is 5.96. The Hall–Kier alpha value is -2.19. The topological polar surface area (TPSA) is 115 Å². The molecule has 8 heteroatoms. The van der Waals surface area contributed by atoms with Gasteiger partial charge in [0.2, 0.25) is 0 Å². The highest BCUT2D eigenvalue weighted by atomic mass is 16.3. The van der Waals surface area contributed by atoms with E-state index in [1.807, 2.05) is 0 Å². The Morgan fingerprint density at radius 3 is 2.71 bits per heavy atom. The summed E-state index contributed by atoms with van der Waals surface area (Å²) in [5.41, 5.74) is 11.9. The molecule has 2 aromatic heterocycles. The van der Waals surface area contributed by atoms with Crippen molar-refractivity contribution in [2.24, 2.45) is 11.5 Å². The zero-order chi connectivity index (χ0) is 14.8. The minimum atomic E-state index is -0.605. The van der Waals surface area contributed by atoms with E-state index in [2.05, 4.69) is 19.8 Å². The van der Waals surface area contributed by atoms with Gasteiger partial charge in [0.15, 0.2) is 17.2 Å². The molecular weight excluding hydrogens is 272 g/mol. The molecule has 112 valence electrons. The number of carbonyl (C=O) groups is 1. The van der Waals surface area contributed by atoms with Crippen LogP contribution in [0.4, 0.5) is 5.82 Å². The summed E-state index contributed by atoms with van der Waals surface area (Å²) < 4.78 is 5.51. The van der Waals surface area contributed by atoms with Gasteiger partial charge in [-0.15, -0.1) is 0 Å². The molecule has 2 aromatic rings. The van der Waals surface area contributed by atoms with Crippen molar-refractivity contribution < 1.29 is 9.21 Å². The first-order valence-corrected chi connectivity index (χ1v) is 6.91. The number of nitrogens with zero attached hydrogens (tertiary/aromatic N) is 4. The number of hydrogen-bond donors (Lipinski definition) is 2. The van der Waals surface area contributed by atoms with E-state index in [0.717, 1.165) is 32.7 Å². The van der Waals surface area contributed by atoms with Crippen molar-refractivity contribution in [3.63, 3.8) is 0 Å². The van der Waals surface area contributed by atoms with Gasteiger partial charge in [-0.25, -0.2) is 9.97 Å². The van der Waals surface area contributed by atoms with Gasteiger partial charge in [0.25, 0.3) is 5.91 Å². The van der Waals surface area contributed by atoms with E-state index in [-0.39, 0.29) is 5.76 Å². The van der Waals surface area contributed by atoms with Gasteiger partial charge in [-0.1, -0.05) is 0 Å². The lowest BCUT2D eigenvalue weighted by atomic mass is 10.3. The van der Waals surface area contributed by atoms with Gasteiger partial charge in [0.05, 0.1) is 0 Å². The smallest absolute Gasteiger partial charge is 0.284 e. The van der Waals surface area contributed by atoms with E-state index in [9.17, 15) is 4.79 Å². The largest absolute Gasteiger partial charge is 0.445 e. The van der Waals surface area contributed by atoms with Crippen molar-refractivity contribution >= 4 is 22.8 Å². The van der Waals surface area contributed by atoms with Crippen molar-refractivity contribution in [1.82, 2.24) is 14.9 Å². The number of aromatic nitrogens is 2. The summed E-state index contributed by atoms with van der Waals surface area (Å²) >= 11 is 0. The molecule has 4 N–H and O–H groups in total. The SMILES string of the molecule is NCCN1CCN(c2ncnc3cc(C(N)=O)oc23)CC1. The van der Waals surface area contributed by atoms with Crippen LogP contribution in [0.15, 0.2) is 16.8 Å². The number of carbonyl (C=O) groups excluding carboxylic acids is 1. The van der Waals surface area contributed by atoms with Crippen LogP contribution in [0.25, 0.3) is 11.1 Å². The highest BCUT2D eigenvalue weighted by Crippen LogP contribution is 2.26. The Morgan fingerprint density at radius 2 is 2.05 bits per heavy atom. The fourth-order valence-electron chi connectivity index (χ4n) is 2.55. The monoisotopic (exact) mass is 290 g/mol. The molecule has 3 heterocycles. The Morgan fingerprint density at radius 1 is 1.29 bits per heavy atom. The van der Waals surface area contributed by atoms with Gasteiger partial charge < -0.3 is 20.8 Å². The third-order valence-electron chi connectivity index (χ3n) is 3.65. The van der Waals surface area contributed by atoms with Crippen LogP contribution in [0.5, 0.6) is 0 Å². The summed E-state index contributed by atoms with van der Waals surface area (Å²) in [5.74, 6) is 0.208. The maximum absolute atomic E-state index is 11.2. The number of amides is 1. The molecule has 1 aliphatic rings. The third-order valence-corrected chi connectivity index (χ3v) is 3.65. The fourth-order valence-corrected chi connectivity index (χ4v) is 2.55. The van der Waals surface area contributed by atoms with Crippen LogP contribution >= 0.6 is 0 Å². The first-order chi connectivity index (χ1) is 10.2. The Bertz CT molecular complexity index is 647. The lowest BCUT2D eigenvalue weighted by molar-refractivity contribution is 0.0976. The number of rotatable bonds is 4. The third kappa shape index (κ3) is 2.67. The van der Waals surface area contributed by atoms with E-state index in [0.29, 0.717) is 23.5 Å². The van der Waals surface area contributed by atoms with Crippen LogP contribution in [0.3, 0.4) is 0 Å². The highest BCUT2D eigenvalue weighted by Gasteiger charge is 2.22. The predicted octanol–water partition coefficient (Wildman–Crippen LogP) is -0.598. The van der Waals surface area contributed by atoms with Crippen molar-refractivity contribution in [1.29, 1.82) is 0 Å². The Balaban J connectivity index is 1.85. The molecule has 0 spiro atoms. The summed E-state index contributed by atoms with van der Waals surface area (Å²) in [6.07, 6.45) is 1.48. The Kier molecular flexibility index (Phi) is 3.72. The first kappa shape index (κ1) is 13.8. The molecular formula is C13H18N6O2. The van der Waals surface area contributed by atoms with E-state index in [1.54, 1.807) is 6.07 Å². The van der Waals surface area contributed by atoms with Crippen molar-refractivity contribution in [3.8, 4) is 0 Å². The number of nitrogens with two attached hydrogens (primary N) is 2. The molecule has 0 atom stereocenters. The number of primary amides is 1. The van der Waals surface area contributed by atoms with Crippen LogP contribution < -0.4 is 16.4 Å². The quantitative estimate of drug-likeness (QED) is 0.772. The summed E-state index contributed by atoms with van der Waals surface area (Å²) in [6, 6.07) is 1.55. The standard InChI is InChI=1S/C13H18N6O2/c14-1-2-18-3-5-19(6-4-18)13-11-9(16-8-17-13)7-10(21-11)12(15)20/h7-8H,1-6,14H2,(H2,15,20). The minimum absolute atomic E-state index is 0.105. The summed E-state index contributed by atoms with van der Waals surface area (Å²) in [6.45, 7) is 5.08. The summed E-state index contributed by atoms with van der Waals surface area (Å²) in [4.78, 5) is 24.1. The maximum atomic E-state index is 11.2. The van der Waals surface area contributed by atoms with E-state index in [4.69, 9.17) is 15.9 Å². The average molecular weight is 290 g/mol. The minimum Gasteiger partial charge on any atom is -0.445 e. The maximum Gasteiger partial charge on any atom is 0.284 e. The van der Waals surface area contributed by atoms with Gasteiger partial charge in [-0.3, -0.25) is 9.69 Å². The van der Waals surface area contributed by atoms with Gasteiger partial charge in [0, 0.05) is 45.3 Å². The van der Waals surface area contributed by atoms with Gasteiger partial charge in [-0.2, -0.15) is 0 Å². The average Bonchev–Trinajstić information content (AvgIpc) is 2.93. The summed E-state index contributed by atoms with van der Waals surface area (Å²) in [7, 11) is 0. The Labute approximate surface area is 121 Å². The van der Waals surface area contributed by atoms with Crippen LogP contribution in [0.2, 0.25) is 0 Å². The van der Waals surface area contributed by atoms with Crippen LogP contribution in [0, 0.1) is 0 Å². The second kappa shape index (κ2) is 5.66. The van der Waals surface area contributed by atoms with Crippen molar-refractivity contribution in [2.75, 3.05) is 44.2 Å². The number of anilines is 1. The summed E-state index contributed by atoms with van der Waals surface area (Å²) in [5, 5.41) is 0. The van der Waals surface area contributed by atoms with E-state index < -0.39 is 5.91 Å². The predicted molar refractivity (Wildman–Crippen MR) is 78.0 cm³/mol. The molecule has 1 fully saturated rings. The molecule has 8 nitrogen and oxygen atoms in total. The number of fused-ring (bicyclic) bond motifs is 1. The molecule has 1 amide bonds. The zero-order valence-electron chi connectivity index (χ0n) is 11.7. The van der Waals surface area contributed by atoms with E-state index in [1.165, 1.54) is 6.33 Å². The zero-order valence-corrected chi connectivity index (χ0v) is 11.7. The first-order valence-electron chi connectivity index (χ1n) is 6.91. The molecule has 0 saturated carbocycles. The molecule has 0 unspecified atom stereocenters. The number of furan rings is 1. The molecule has 21 heavy (non-hydrogen) atoms. The van der Waals surface area contributed by atoms with E-state index >= 15 is 0 Å². The lowest BCUT2D eigenvalue weighted by Crippen LogP contribution is -2.48. The number of hydrogen-bond acceptors (Lipinski definition) is 7. The van der Waals surface area contributed by atoms with Crippen molar-refractivity contribution in [3.05, 3.63) is 18.2 Å². The fraction of sp³-hybridized carbons (Fsp3) is 0.462. The number of piperazine rings is 1. The lowest BCUT2D eigenvalue weighted by Gasteiger charge is -2.34. The molecule has 3 rings (SSSR count). The van der Waals surface area contributed by atoms with Crippen molar-refractivity contribution in [2.45, 2.75) is 0 Å². The van der Waals surface area contributed by atoms with Gasteiger partial charge in [-0.05, 0) is 0 Å². The molecule has 0 aliphatic carbocycles. The molecule has 0 bridgehead atoms. The van der Waals surface area contributed by atoms with Gasteiger partial charge in [0.1, 0.15) is 11.8 Å². The second-order valence-electron chi connectivity index (χ2n) is 5.00. The second-order valence-corrected chi connectivity index (χ2v) is 5.00. The van der Waals surface area contributed by atoms with Gasteiger partial charge >= 0.3 is 0 Å². The van der Waals surface area contributed by atoms with Crippen LogP contribution in [-0.4, -0.2) is 60.0 Å².